The molecule has 0 bridgehead atoms. The molecule has 0 aliphatic heterocycles. The van der Waals surface area contributed by atoms with Gasteiger partial charge in [-0.25, -0.2) is 0 Å². The molecule has 1 atom stereocenters. The Morgan fingerprint density at radius 3 is 2.80 bits per heavy atom. The highest BCUT2D eigenvalue weighted by Crippen LogP contribution is 2.20. The maximum absolute atomic E-state index is 11.1. The Labute approximate surface area is 96.6 Å². The fraction of sp³-hybridized carbons (Fsp3) is 0.909. The van der Waals surface area contributed by atoms with Crippen LogP contribution in [0.1, 0.15) is 39.0 Å². The van der Waals surface area contributed by atoms with Gasteiger partial charge in [-0.1, -0.05) is 13.3 Å². The summed E-state index contributed by atoms with van der Waals surface area (Å²) in [6, 6.07) is 0.453. The third-order valence-electron chi connectivity index (χ3n) is 2.55. The zero-order valence-electron chi connectivity index (χ0n) is 9.50. The van der Waals surface area contributed by atoms with E-state index in [1.165, 1.54) is 31.4 Å². The molecule has 0 saturated heterocycles. The summed E-state index contributed by atoms with van der Waals surface area (Å²) in [6.45, 7) is 2.20. The standard InChI is InChI=1S/C11H22N2OS/c1-2-3-7-15-8-6-10(11(12)14)13-9-4-5-9/h9-10,13H,2-8H2,1H3,(H2,12,14). The van der Waals surface area contributed by atoms with Crippen LogP contribution < -0.4 is 11.1 Å². The molecule has 1 aliphatic rings. The number of carbonyl (C=O) groups excluding carboxylic acids is 1. The van der Waals surface area contributed by atoms with E-state index in [9.17, 15) is 4.79 Å². The first-order valence-corrected chi connectivity index (χ1v) is 7.02. The van der Waals surface area contributed by atoms with Gasteiger partial charge in [0.2, 0.25) is 5.91 Å². The maximum atomic E-state index is 11.1. The summed E-state index contributed by atoms with van der Waals surface area (Å²) in [5, 5.41) is 3.29. The predicted molar refractivity (Wildman–Crippen MR) is 66.0 cm³/mol. The molecule has 0 aromatic heterocycles. The quantitative estimate of drug-likeness (QED) is 0.590. The van der Waals surface area contributed by atoms with E-state index in [2.05, 4.69) is 12.2 Å². The van der Waals surface area contributed by atoms with E-state index < -0.39 is 0 Å². The number of carbonyl (C=O) groups is 1. The number of nitrogens with two attached hydrogens (primary N) is 1. The summed E-state index contributed by atoms with van der Waals surface area (Å²) in [7, 11) is 0. The van der Waals surface area contributed by atoms with Crippen LogP contribution >= 0.6 is 11.8 Å². The van der Waals surface area contributed by atoms with Gasteiger partial charge in [-0.2, -0.15) is 11.8 Å². The SMILES string of the molecule is CCCCSCCC(NC1CC1)C(N)=O. The molecule has 1 rings (SSSR count). The van der Waals surface area contributed by atoms with Crippen LogP contribution in [0.3, 0.4) is 0 Å². The van der Waals surface area contributed by atoms with Crippen molar-refractivity contribution < 1.29 is 4.79 Å². The van der Waals surface area contributed by atoms with Gasteiger partial charge in [0.15, 0.2) is 0 Å². The maximum Gasteiger partial charge on any atom is 0.234 e. The fourth-order valence-corrected chi connectivity index (χ4v) is 2.49. The summed E-state index contributed by atoms with van der Waals surface area (Å²) in [4.78, 5) is 11.1. The number of hydrogen-bond donors (Lipinski definition) is 2. The van der Waals surface area contributed by atoms with Crippen molar-refractivity contribution in [2.24, 2.45) is 5.73 Å². The lowest BCUT2D eigenvalue weighted by molar-refractivity contribution is -0.120. The molecule has 0 aromatic carbocycles. The minimum atomic E-state index is -0.196. The zero-order chi connectivity index (χ0) is 11.1. The van der Waals surface area contributed by atoms with Gasteiger partial charge in [0.25, 0.3) is 0 Å². The van der Waals surface area contributed by atoms with Crippen molar-refractivity contribution in [1.29, 1.82) is 0 Å². The second kappa shape index (κ2) is 7.12. The Morgan fingerprint density at radius 1 is 1.53 bits per heavy atom. The lowest BCUT2D eigenvalue weighted by atomic mass is 10.2. The lowest BCUT2D eigenvalue weighted by Gasteiger charge is -2.14. The third kappa shape index (κ3) is 6.05. The van der Waals surface area contributed by atoms with E-state index in [4.69, 9.17) is 5.73 Å². The largest absolute Gasteiger partial charge is 0.368 e. The molecule has 15 heavy (non-hydrogen) atoms. The number of unbranched alkanes of at least 4 members (excludes halogenated alkanes) is 1. The Hall–Kier alpha value is -0.220. The van der Waals surface area contributed by atoms with Gasteiger partial charge in [0.05, 0.1) is 6.04 Å². The molecule has 1 unspecified atom stereocenters. The summed E-state index contributed by atoms with van der Waals surface area (Å²) in [5.41, 5.74) is 5.34. The van der Waals surface area contributed by atoms with E-state index in [0.717, 1.165) is 12.2 Å². The van der Waals surface area contributed by atoms with Crippen molar-refractivity contribution in [3.8, 4) is 0 Å². The molecule has 0 spiro atoms. The van der Waals surface area contributed by atoms with Gasteiger partial charge in [-0.15, -0.1) is 0 Å². The van der Waals surface area contributed by atoms with Crippen molar-refractivity contribution in [3.05, 3.63) is 0 Å². The van der Waals surface area contributed by atoms with Gasteiger partial charge in [0.1, 0.15) is 0 Å². The number of nitrogens with one attached hydrogen (secondary N) is 1. The van der Waals surface area contributed by atoms with Crippen LogP contribution in [0, 0.1) is 0 Å². The van der Waals surface area contributed by atoms with Crippen molar-refractivity contribution in [2.75, 3.05) is 11.5 Å². The predicted octanol–water partition coefficient (Wildman–Crippen LogP) is 1.52. The van der Waals surface area contributed by atoms with Crippen LogP contribution in [0.2, 0.25) is 0 Å². The van der Waals surface area contributed by atoms with Gasteiger partial charge in [-0.3, -0.25) is 4.79 Å². The van der Waals surface area contributed by atoms with Crippen LogP contribution in [0.4, 0.5) is 0 Å². The third-order valence-corrected chi connectivity index (χ3v) is 3.65. The van der Waals surface area contributed by atoms with E-state index in [0.29, 0.717) is 6.04 Å². The molecule has 0 heterocycles. The Morgan fingerprint density at radius 2 is 2.27 bits per heavy atom. The Balaban J connectivity index is 2.05. The van der Waals surface area contributed by atoms with Crippen LogP contribution in [0.25, 0.3) is 0 Å². The first-order valence-electron chi connectivity index (χ1n) is 5.87. The number of primary amides is 1. The first kappa shape index (κ1) is 12.8. The summed E-state index contributed by atoms with van der Waals surface area (Å²) < 4.78 is 0. The average molecular weight is 230 g/mol. The van der Waals surface area contributed by atoms with Crippen LogP contribution in [-0.2, 0) is 4.79 Å². The zero-order valence-corrected chi connectivity index (χ0v) is 10.3. The number of amides is 1. The molecule has 1 fully saturated rings. The molecule has 0 radical (unpaired) electrons. The summed E-state index contributed by atoms with van der Waals surface area (Å²) in [6.07, 6.45) is 5.79. The summed E-state index contributed by atoms with van der Waals surface area (Å²) in [5.74, 6) is 2.04. The number of rotatable bonds is 9. The van der Waals surface area contributed by atoms with E-state index in [1.54, 1.807) is 0 Å². The second-order valence-corrected chi connectivity index (χ2v) is 5.38. The highest BCUT2D eigenvalue weighted by Gasteiger charge is 2.26. The van der Waals surface area contributed by atoms with Crippen LogP contribution in [0.15, 0.2) is 0 Å². The van der Waals surface area contributed by atoms with Crippen molar-refractivity contribution in [3.63, 3.8) is 0 Å². The molecule has 1 saturated carbocycles. The highest BCUT2D eigenvalue weighted by molar-refractivity contribution is 7.99. The monoisotopic (exact) mass is 230 g/mol. The van der Waals surface area contributed by atoms with Gasteiger partial charge in [-0.05, 0) is 37.2 Å². The van der Waals surface area contributed by atoms with Crippen LogP contribution in [0.5, 0.6) is 0 Å². The molecule has 3 nitrogen and oxygen atoms in total. The molecule has 3 N–H and O–H groups in total. The van der Waals surface area contributed by atoms with Crippen molar-refractivity contribution >= 4 is 17.7 Å². The topological polar surface area (TPSA) is 55.1 Å². The molecular formula is C11H22N2OS. The Kier molecular flexibility index (Phi) is 6.10. The molecule has 88 valence electrons. The fourth-order valence-electron chi connectivity index (χ4n) is 1.39. The van der Waals surface area contributed by atoms with E-state index in [1.807, 2.05) is 11.8 Å². The van der Waals surface area contributed by atoms with Crippen molar-refractivity contribution in [1.82, 2.24) is 5.32 Å². The van der Waals surface area contributed by atoms with Gasteiger partial charge >= 0.3 is 0 Å². The number of hydrogen-bond acceptors (Lipinski definition) is 3. The normalized spacial score (nSPS) is 17.7. The minimum absolute atomic E-state index is 0.105. The molecular weight excluding hydrogens is 208 g/mol. The molecule has 0 aromatic rings. The van der Waals surface area contributed by atoms with Crippen molar-refractivity contribution in [2.45, 2.75) is 51.1 Å². The van der Waals surface area contributed by atoms with E-state index >= 15 is 0 Å². The van der Waals surface area contributed by atoms with Gasteiger partial charge < -0.3 is 11.1 Å². The summed E-state index contributed by atoms with van der Waals surface area (Å²) >= 11 is 1.92. The Bertz CT molecular complexity index is 195. The average Bonchev–Trinajstić information content (AvgIpc) is 2.99. The highest BCUT2D eigenvalue weighted by atomic mass is 32.2. The first-order chi connectivity index (χ1) is 7.24. The van der Waals surface area contributed by atoms with Crippen LogP contribution in [-0.4, -0.2) is 29.5 Å². The minimum Gasteiger partial charge on any atom is -0.368 e. The molecule has 1 aliphatic carbocycles. The van der Waals surface area contributed by atoms with E-state index in [-0.39, 0.29) is 11.9 Å². The second-order valence-electron chi connectivity index (χ2n) is 4.15. The molecule has 1 amide bonds. The lowest BCUT2D eigenvalue weighted by Crippen LogP contribution is -2.42. The molecule has 4 heteroatoms. The van der Waals surface area contributed by atoms with Gasteiger partial charge in [0, 0.05) is 6.04 Å². The smallest absolute Gasteiger partial charge is 0.234 e. The number of thioether (sulfide) groups is 1.